The molecule has 2 aliphatic rings. The van der Waals surface area contributed by atoms with Crippen molar-refractivity contribution in [3.8, 4) is 0 Å². The molecule has 0 N–H and O–H groups in total. The average Bonchev–Trinajstić information content (AvgIpc) is 2.75. The molecule has 2 nitrogen and oxygen atoms in total. The molecule has 2 heteroatoms. The van der Waals surface area contributed by atoms with Crippen LogP contribution in [-0.4, -0.2) is 18.0 Å². The molecule has 88 valence electrons. The Labute approximate surface area is 93.3 Å². The molecule has 0 amide bonds. The van der Waals surface area contributed by atoms with Crippen molar-refractivity contribution in [1.82, 2.24) is 0 Å². The Kier molecular flexibility index (Phi) is 2.44. The Morgan fingerprint density at radius 3 is 2.13 bits per heavy atom. The molecule has 0 aromatic rings. The van der Waals surface area contributed by atoms with Gasteiger partial charge in [0.2, 0.25) is 0 Å². The Hall–Kier alpha value is -0.0800. The van der Waals surface area contributed by atoms with E-state index < -0.39 is 5.79 Å². The fourth-order valence-electron chi connectivity index (χ4n) is 3.19. The lowest BCUT2D eigenvalue weighted by Crippen LogP contribution is -2.49. The van der Waals surface area contributed by atoms with E-state index in [4.69, 9.17) is 9.47 Å². The highest BCUT2D eigenvalue weighted by atomic mass is 16.7. The average molecular weight is 212 g/mol. The maximum Gasteiger partial charge on any atom is 0.163 e. The SMILES string of the molecule is CC(C)[C@H]1OC(C)(C)OC2C[C@@]21C(C)C. The normalized spacial score (nSPS) is 43.2. The van der Waals surface area contributed by atoms with E-state index in [-0.39, 0.29) is 0 Å². The van der Waals surface area contributed by atoms with Gasteiger partial charge in [-0.05, 0) is 32.1 Å². The van der Waals surface area contributed by atoms with E-state index in [0.29, 0.717) is 29.5 Å². The summed E-state index contributed by atoms with van der Waals surface area (Å²) in [5, 5.41) is 0. The molecule has 1 aliphatic heterocycles. The predicted octanol–water partition coefficient (Wildman–Crippen LogP) is 3.21. The Bertz CT molecular complexity index is 257. The van der Waals surface area contributed by atoms with Gasteiger partial charge in [-0.25, -0.2) is 0 Å². The lowest BCUT2D eigenvalue weighted by molar-refractivity contribution is -0.306. The summed E-state index contributed by atoms with van der Waals surface area (Å²) < 4.78 is 12.1. The van der Waals surface area contributed by atoms with Crippen LogP contribution in [0.4, 0.5) is 0 Å². The molecule has 0 bridgehead atoms. The first-order valence-electron chi connectivity index (χ1n) is 6.15. The van der Waals surface area contributed by atoms with Crippen LogP contribution in [0.25, 0.3) is 0 Å². The van der Waals surface area contributed by atoms with Crippen molar-refractivity contribution >= 4 is 0 Å². The van der Waals surface area contributed by atoms with Crippen LogP contribution >= 0.6 is 0 Å². The first-order chi connectivity index (χ1) is 6.79. The van der Waals surface area contributed by atoms with Crippen molar-refractivity contribution in [2.75, 3.05) is 0 Å². The van der Waals surface area contributed by atoms with E-state index in [0.717, 1.165) is 0 Å². The van der Waals surface area contributed by atoms with Gasteiger partial charge in [0.25, 0.3) is 0 Å². The molecular weight excluding hydrogens is 188 g/mol. The third kappa shape index (κ3) is 1.62. The molecule has 2 fully saturated rings. The molecule has 1 heterocycles. The molecule has 1 unspecified atom stereocenters. The summed E-state index contributed by atoms with van der Waals surface area (Å²) in [7, 11) is 0. The van der Waals surface area contributed by atoms with Crippen LogP contribution in [0.3, 0.4) is 0 Å². The second-order valence-corrected chi connectivity index (χ2v) is 6.26. The van der Waals surface area contributed by atoms with Crippen LogP contribution in [0, 0.1) is 17.3 Å². The smallest absolute Gasteiger partial charge is 0.163 e. The van der Waals surface area contributed by atoms with Gasteiger partial charge in [0.05, 0.1) is 12.2 Å². The molecule has 0 radical (unpaired) electrons. The number of hydrogen-bond acceptors (Lipinski definition) is 2. The monoisotopic (exact) mass is 212 g/mol. The lowest BCUT2D eigenvalue weighted by atomic mass is 9.80. The second-order valence-electron chi connectivity index (χ2n) is 6.26. The van der Waals surface area contributed by atoms with E-state index >= 15 is 0 Å². The molecule has 3 atom stereocenters. The molecule has 1 saturated heterocycles. The molecule has 0 spiro atoms. The van der Waals surface area contributed by atoms with Crippen molar-refractivity contribution in [3.05, 3.63) is 0 Å². The number of rotatable bonds is 2. The van der Waals surface area contributed by atoms with E-state index in [2.05, 4.69) is 27.7 Å². The number of fused-ring (bicyclic) bond motifs is 1. The van der Waals surface area contributed by atoms with Gasteiger partial charge < -0.3 is 9.47 Å². The lowest BCUT2D eigenvalue weighted by Gasteiger charge is -2.44. The molecule has 0 aromatic carbocycles. The van der Waals surface area contributed by atoms with Gasteiger partial charge in [-0.15, -0.1) is 0 Å². The van der Waals surface area contributed by atoms with Gasteiger partial charge in [0.1, 0.15) is 0 Å². The molecule has 2 rings (SSSR count). The summed E-state index contributed by atoms with van der Waals surface area (Å²) in [4.78, 5) is 0. The molecule has 0 aromatic heterocycles. The maximum absolute atomic E-state index is 6.13. The van der Waals surface area contributed by atoms with Crippen LogP contribution in [0.5, 0.6) is 0 Å². The third-order valence-corrected chi connectivity index (χ3v) is 4.03. The van der Waals surface area contributed by atoms with Crippen LogP contribution < -0.4 is 0 Å². The summed E-state index contributed by atoms with van der Waals surface area (Å²) in [5.74, 6) is 0.820. The Balaban J connectivity index is 2.23. The first kappa shape index (κ1) is 11.4. The van der Waals surface area contributed by atoms with Crippen LogP contribution in [-0.2, 0) is 9.47 Å². The molecule has 1 aliphatic carbocycles. The second kappa shape index (κ2) is 3.21. The highest BCUT2D eigenvalue weighted by Crippen LogP contribution is 2.63. The van der Waals surface area contributed by atoms with Gasteiger partial charge in [0, 0.05) is 5.41 Å². The fraction of sp³-hybridized carbons (Fsp3) is 1.00. The van der Waals surface area contributed by atoms with E-state index in [1.165, 1.54) is 6.42 Å². The molecule has 1 saturated carbocycles. The standard InChI is InChI=1S/C13H24O2/c1-8(2)11-13(9(3)4)7-10(13)14-12(5,6)15-11/h8-11H,7H2,1-6H3/t10?,11-,13-/m1/s1. The zero-order chi connectivity index (χ0) is 11.4. The summed E-state index contributed by atoms with van der Waals surface area (Å²) in [6.45, 7) is 13.2. The Morgan fingerprint density at radius 1 is 1.07 bits per heavy atom. The summed E-state index contributed by atoms with van der Waals surface area (Å²) in [5.41, 5.74) is 0.295. The fourth-order valence-corrected chi connectivity index (χ4v) is 3.19. The maximum atomic E-state index is 6.13. The van der Waals surface area contributed by atoms with Crippen LogP contribution in [0.1, 0.15) is 48.0 Å². The van der Waals surface area contributed by atoms with Gasteiger partial charge in [0.15, 0.2) is 5.79 Å². The minimum Gasteiger partial charge on any atom is -0.347 e. The molecule has 15 heavy (non-hydrogen) atoms. The third-order valence-electron chi connectivity index (χ3n) is 4.03. The highest BCUT2D eigenvalue weighted by molar-refractivity contribution is 5.14. The zero-order valence-corrected chi connectivity index (χ0v) is 10.8. The largest absolute Gasteiger partial charge is 0.347 e. The molecular formula is C13H24O2. The summed E-state index contributed by atoms with van der Waals surface area (Å²) in [6.07, 6.45) is 1.96. The number of hydrogen-bond donors (Lipinski definition) is 0. The van der Waals surface area contributed by atoms with Gasteiger partial charge in [-0.3, -0.25) is 0 Å². The zero-order valence-electron chi connectivity index (χ0n) is 10.8. The minimum atomic E-state index is -0.394. The van der Waals surface area contributed by atoms with Gasteiger partial charge in [-0.2, -0.15) is 0 Å². The van der Waals surface area contributed by atoms with Crippen LogP contribution in [0.2, 0.25) is 0 Å². The van der Waals surface area contributed by atoms with Crippen molar-refractivity contribution < 1.29 is 9.47 Å². The summed E-state index contributed by atoms with van der Waals surface area (Å²) >= 11 is 0. The quantitative estimate of drug-likeness (QED) is 0.699. The minimum absolute atomic E-state index is 0.295. The Morgan fingerprint density at radius 2 is 1.67 bits per heavy atom. The van der Waals surface area contributed by atoms with Crippen molar-refractivity contribution in [2.24, 2.45) is 17.3 Å². The van der Waals surface area contributed by atoms with Crippen molar-refractivity contribution in [1.29, 1.82) is 0 Å². The summed E-state index contributed by atoms with van der Waals surface area (Å²) in [6, 6.07) is 0. The highest BCUT2D eigenvalue weighted by Gasteiger charge is 2.67. The predicted molar refractivity (Wildman–Crippen MR) is 60.6 cm³/mol. The van der Waals surface area contributed by atoms with Gasteiger partial charge >= 0.3 is 0 Å². The van der Waals surface area contributed by atoms with Crippen molar-refractivity contribution in [3.63, 3.8) is 0 Å². The first-order valence-corrected chi connectivity index (χ1v) is 6.15. The number of ether oxygens (including phenoxy) is 2. The topological polar surface area (TPSA) is 18.5 Å². The van der Waals surface area contributed by atoms with Gasteiger partial charge in [-0.1, -0.05) is 27.7 Å². The van der Waals surface area contributed by atoms with E-state index in [1.54, 1.807) is 0 Å². The van der Waals surface area contributed by atoms with E-state index in [9.17, 15) is 0 Å². The van der Waals surface area contributed by atoms with E-state index in [1.807, 2.05) is 13.8 Å². The van der Waals surface area contributed by atoms with Crippen molar-refractivity contribution in [2.45, 2.75) is 66.0 Å². The van der Waals surface area contributed by atoms with Crippen LogP contribution in [0.15, 0.2) is 0 Å².